The lowest BCUT2D eigenvalue weighted by atomic mass is 9.98. The van der Waals surface area contributed by atoms with Gasteiger partial charge in [0, 0.05) is 6.42 Å². The van der Waals surface area contributed by atoms with Crippen LogP contribution in [0.1, 0.15) is 28.4 Å². The molecule has 1 atom stereocenters. The van der Waals surface area contributed by atoms with Crippen LogP contribution < -0.4 is 0 Å². The van der Waals surface area contributed by atoms with Gasteiger partial charge in [0.25, 0.3) is 0 Å². The van der Waals surface area contributed by atoms with Crippen molar-refractivity contribution in [1.29, 1.82) is 0 Å². The Bertz CT molecular complexity index is 534. The second kappa shape index (κ2) is 4.92. The van der Waals surface area contributed by atoms with E-state index in [1.165, 1.54) is 11.1 Å². The third-order valence-electron chi connectivity index (χ3n) is 3.40. The second-order valence-corrected chi connectivity index (χ2v) is 4.73. The molecule has 1 N–H and O–H groups in total. The van der Waals surface area contributed by atoms with Crippen molar-refractivity contribution >= 4 is 0 Å². The molecule has 2 heteroatoms. The summed E-state index contributed by atoms with van der Waals surface area (Å²) in [5.74, 6) is 0. The van der Waals surface area contributed by atoms with Gasteiger partial charge in [0.1, 0.15) is 0 Å². The van der Waals surface area contributed by atoms with Crippen molar-refractivity contribution in [2.24, 2.45) is 0 Å². The van der Waals surface area contributed by atoms with Gasteiger partial charge in [-0.2, -0.15) is 0 Å². The van der Waals surface area contributed by atoms with Gasteiger partial charge in [0.05, 0.1) is 19.3 Å². The molecule has 0 fully saturated rings. The summed E-state index contributed by atoms with van der Waals surface area (Å²) in [6, 6.07) is 16.2. The van der Waals surface area contributed by atoms with Gasteiger partial charge in [-0.1, -0.05) is 48.5 Å². The van der Waals surface area contributed by atoms with E-state index in [1.54, 1.807) is 0 Å². The van der Waals surface area contributed by atoms with E-state index >= 15 is 0 Å². The molecular weight excluding hydrogens is 224 g/mol. The molecule has 0 spiro atoms. The highest BCUT2D eigenvalue weighted by Gasteiger charge is 2.15. The fourth-order valence-corrected chi connectivity index (χ4v) is 2.35. The molecule has 2 aromatic carbocycles. The molecule has 18 heavy (non-hydrogen) atoms. The Morgan fingerprint density at radius 2 is 1.78 bits per heavy atom. The monoisotopic (exact) mass is 240 g/mol. The molecule has 92 valence electrons. The Morgan fingerprint density at radius 3 is 2.61 bits per heavy atom. The van der Waals surface area contributed by atoms with Crippen LogP contribution >= 0.6 is 0 Å². The minimum absolute atomic E-state index is 0.446. The van der Waals surface area contributed by atoms with Gasteiger partial charge >= 0.3 is 0 Å². The van der Waals surface area contributed by atoms with Crippen molar-refractivity contribution in [3.8, 4) is 0 Å². The zero-order chi connectivity index (χ0) is 12.4. The van der Waals surface area contributed by atoms with Crippen molar-refractivity contribution in [1.82, 2.24) is 0 Å². The maximum Gasteiger partial charge on any atom is 0.0830 e. The average molecular weight is 240 g/mol. The van der Waals surface area contributed by atoms with Crippen molar-refractivity contribution in [3.63, 3.8) is 0 Å². The van der Waals surface area contributed by atoms with Gasteiger partial charge < -0.3 is 9.84 Å². The molecule has 1 heterocycles. The number of hydrogen-bond donors (Lipinski definition) is 1. The summed E-state index contributed by atoms with van der Waals surface area (Å²) in [5.41, 5.74) is 4.58. The van der Waals surface area contributed by atoms with Crippen LogP contribution in [0.25, 0.3) is 0 Å². The van der Waals surface area contributed by atoms with Crippen LogP contribution in [0.15, 0.2) is 48.5 Å². The van der Waals surface area contributed by atoms with Crippen LogP contribution in [0.2, 0.25) is 0 Å². The van der Waals surface area contributed by atoms with Crippen LogP contribution in [0.3, 0.4) is 0 Å². The van der Waals surface area contributed by atoms with E-state index in [0.29, 0.717) is 19.6 Å². The summed E-state index contributed by atoms with van der Waals surface area (Å²) >= 11 is 0. The highest BCUT2D eigenvalue weighted by atomic mass is 16.5. The van der Waals surface area contributed by atoms with Crippen molar-refractivity contribution in [2.45, 2.75) is 25.7 Å². The van der Waals surface area contributed by atoms with E-state index < -0.39 is 6.10 Å². The van der Waals surface area contributed by atoms with Gasteiger partial charge in [-0.15, -0.1) is 0 Å². The number of aliphatic hydroxyl groups is 1. The Morgan fingerprint density at radius 1 is 1.00 bits per heavy atom. The normalized spacial score (nSPS) is 15.4. The Hall–Kier alpha value is -1.64. The molecule has 0 saturated carbocycles. The molecule has 0 bridgehead atoms. The number of benzene rings is 2. The molecule has 0 aromatic heterocycles. The zero-order valence-electron chi connectivity index (χ0n) is 10.2. The quantitative estimate of drug-likeness (QED) is 0.893. The third-order valence-corrected chi connectivity index (χ3v) is 3.40. The number of aliphatic hydroxyl groups excluding tert-OH is 1. The lowest BCUT2D eigenvalue weighted by molar-refractivity contribution is 0.134. The van der Waals surface area contributed by atoms with Crippen LogP contribution in [0.4, 0.5) is 0 Å². The van der Waals surface area contributed by atoms with E-state index in [4.69, 9.17) is 4.74 Å². The molecule has 0 amide bonds. The summed E-state index contributed by atoms with van der Waals surface area (Å²) in [4.78, 5) is 0. The van der Waals surface area contributed by atoms with Gasteiger partial charge in [-0.3, -0.25) is 0 Å². The van der Waals surface area contributed by atoms with Crippen LogP contribution in [0, 0.1) is 0 Å². The second-order valence-electron chi connectivity index (χ2n) is 4.73. The standard InChI is InChI=1S/C16H16O2/c17-16(8-12-4-2-1-3-5-12)13-6-7-14-10-18-11-15(14)9-13/h1-7,9,16-17H,8,10-11H2. The molecule has 2 aromatic rings. The average Bonchev–Trinajstić information content (AvgIpc) is 2.87. The number of hydrogen-bond acceptors (Lipinski definition) is 2. The Balaban J connectivity index is 1.78. The molecule has 2 nitrogen and oxygen atoms in total. The highest BCUT2D eigenvalue weighted by molar-refractivity contribution is 5.34. The van der Waals surface area contributed by atoms with Crippen LogP contribution in [0.5, 0.6) is 0 Å². The summed E-state index contributed by atoms with van der Waals surface area (Å²) in [7, 11) is 0. The molecule has 1 unspecified atom stereocenters. The molecule has 3 rings (SSSR count). The lowest BCUT2D eigenvalue weighted by Crippen LogP contribution is -2.02. The highest BCUT2D eigenvalue weighted by Crippen LogP contribution is 2.25. The van der Waals surface area contributed by atoms with Gasteiger partial charge in [-0.25, -0.2) is 0 Å². The third kappa shape index (κ3) is 2.30. The Kier molecular flexibility index (Phi) is 3.13. The number of ether oxygens (including phenoxy) is 1. The molecule has 1 aliphatic rings. The topological polar surface area (TPSA) is 29.5 Å². The zero-order valence-corrected chi connectivity index (χ0v) is 10.2. The lowest BCUT2D eigenvalue weighted by Gasteiger charge is -2.12. The minimum atomic E-state index is -0.446. The first kappa shape index (κ1) is 11.5. The van der Waals surface area contributed by atoms with Gasteiger partial charge in [0.2, 0.25) is 0 Å². The van der Waals surface area contributed by atoms with E-state index in [2.05, 4.69) is 12.1 Å². The summed E-state index contributed by atoms with van der Waals surface area (Å²) in [6.45, 7) is 1.37. The van der Waals surface area contributed by atoms with Gasteiger partial charge in [0.15, 0.2) is 0 Å². The molecule has 0 saturated heterocycles. The first-order chi connectivity index (χ1) is 8.83. The van der Waals surface area contributed by atoms with Crippen molar-refractivity contribution in [3.05, 3.63) is 70.8 Å². The summed E-state index contributed by atoms with van der Waals surface area (Å²) in [5, 5.41) is 10.3. The van der Waals surface area contributed by atoms with E-state index in [9.17, 15) is 5.11 Å². The summed E-state index contributed by atoms with van der Waals surface area (Å²) in [6.07, 6.45) is 0.207. The van der Waals surface area contributed by atoms with E-state index in [1.807, 2.05) is 36.4 Å². The van der Waals surface area contributed by atoms with E-state index in [0.717, 1.165) is 11.1 Å². The predicted molar refractivity (Wildman–Crippen MR) is 70.0 cm³/mol. The summed E-state index contributed by atoms with van der Waals surface area (Å²) < 4.78 is 5.39. The number of fused-ring (bicyclic) bond motifs is 1. The largest absolute Gasteiger partial charge is 0.388 e. The molecular formula is C16H16O2. The molecule has 0 radical (unpaired) electrons. The molecule has 1 aliphatic heterocycles. The van der Waals surface area contributed by atoms with Crippen LogP contribution in [-0.4, -0.2) is 5.11 Å². The Labute approximate surface area is 107 Å². The SMILES string of the molecule is OC(Cc1ccccc1)c1ccc2c(c1)COC2. The predicted octanol–water partition coefficient (Wildman–Crippen LogP) is 2.99. The van der Waals surface area contributed by atoms with Gasteiger partial charge in [-0.05, 0) is 22.3 Å². The minimum Gasteiger partial charge on any atom is -0.388 e. The van der Waals surface area contributed by atoms with Crippen LogP contribution in [-0.2, 0) is 24.4 Å². The van der Waals surface area contributed by atoms with Crippen molar-refractivity contribution in [2.75, 3.05) is 0 Å². The van der Waals surface area contributed by atoms with E-state index in [-0.39, 0.29) is 0 Å². The smallest absolute Gasteiger partial charge is 0.0830 e. The maximum absolute atomic E-state index is 10.3. The molecule has 0 aliphatic carbocycles. The van der Waals surface area contributed by atoms with Crippen molar-refractivity contribution < 1.29 is 9.84 Å². The first-order valence-corrected chi connectivity index (χ1v) is 6.24. The fraction of sp³-hybridized carbons (Fsp3) is 0.250. The first-order valence-electron chi connectivity index (χ1n) is 6.24. The number of rotatable bonds is 3. The maximum atomic E-state index is 10.3. The fourth-order valence-electron chi connectivity index (χ4n) is 2.35.